The summed E-state index contributed by atoms with van der Waals surface area (Å²) in [5.41, 5.74) is 2.51. The Labute approximate surface area is 150 Å². The third-order valence-electron chi connectivity index (χ3n) is 3.46. The molecule has 0 aliphatic heterocycles. The Morgan fingerprint density at radius 2 is 2.04 bits per heavy atom. The zero-order valence-electron chi connectivity index (χ0n) is 12.5. The minimum atomic E-state index is -0.859. The smallest absolute Gasteiger partial charge is 0.303 e. The molecule has 0 unspecified atom stereocenters. The van der Waals surface area contributed by atoms with Crippen molar-refractivity contribution < 1.29 is 14.3 Å². The topological polar surface area (TPSA) is 50.2 Å². The third-order valence-corrected chi connectivity index (χ3v) is 5.18. The van der Waals surface area contributed by atoms with Crippen LogP contribution in [-0.4, -0.2) is 16.1 Å². The molecule has 0 aliphatic carbocycles. The standard InChI is InChI=1S/C18H13BrFNO2S/c19-13-10-11(5-7-14(13)20)9-12(6-8-17(22)23)18-21-15-3-1-2-4-16(15)24-18/h1-5,7,9-10H,6,8H2,(H,22,23)/b12-9+. The number of hydrogen-bond donors (Lipinski definition) is 1. The van der Waals surface area contributed by atoms with Gasteiger partial charge in [-0.1, -0.05) is 18.2 Å². The van der Waals surface area contributed by atoms with Gasteiger partial charge in [0.05, 0.1) is 14.7 Å². The van der Waals surface area contributed by atoms with Crippen LogP contribution in [0, 0.1) is 5.82 Å². The Morgan fingerprint density at radius 1 is 1.25 bits per heavy atom. The number of carboxylic acid groups (broad SMARTS) is 1. The minimum absolute atomic E-state index is 0.0180. The number of para-hydroxylation sites is 1. The second-order valence-electron chi connectivity index (χ2n) is 5.22. The molecule has 0 atom stereocenters. The Morgan fingerprint density at radius 3 is 2.75 bits per heavy atom. The maximum Gasteiger partial charge on any atom is 0.303 e. The lowest BCUT2D eigenvalue weighted by Gasteiger charge is -2.04. The van der Waals surface area contributed by atoms with Gasteiger partial charge in [0.1, 0.15) is 10.8 Å². The molecule has 122 valence electrons. The van der Waals surface area contributed by atoms with Crippen molar-refractivity contribution >= 4 is 55.1 Å². The molecule has 24 heavy (non-hydrogen) atoms. The van der Waals surface area contributed by atoms with Crippen molar-refractivity contribution in [1.29, 1.82) is 0 Å². The molecule has 3 nitrogen and oxygen atoms in total. The van der Waals surface area contributed by atoms with Crippen molar-refractivity contribution in [3.63, 3.8) is 0 Å². The Bertz CT molecular complexity index is 903. The van der Waals surface area contributed by atoms with E-state index in [0.29, 0.717) is 10.9 Å². The average molecular weight is 406 g/mol. The van der Waals surface area contributed by atoms with E-state index in [1.807, 2.05) is 30.3 Å². The SMILES string of the molecule is O=C(O)CC/C(=C\c1ccc(F)c(Br)c1)c1nc2ccccc2s1. The van der Waals surface area contributed by atoms with Crippen LogP contribution in [0.1, 0.15) is 23.4 Å². The molecule has 0 radical (unpaired) electrons. The zero-order valence-corrected chi connectivity index (χ0v) is 14.9. The molecule has 0 saturated heterocycles. The first kappa shape index (κ1) is 16.8. The predicted octanol–water partition coefficient (Wildman–Crippen LogP) is 5.60. The lowest BCUT2D eigenvalue weighted by molar-refractivity contribution is -0.136. The quantitative estimate of drug-likeness (QED) is 0.600. The fourth-order valence-electron chi connectivity index (χ4n) is 2.30. The second-order valence-corrected chi connectivity index (χ2v) is 7.11. The van der Waals surface area contributed by atoms with Crippen LogP contribution in [0.3, 0.4) is 0 Å². The lowest BCUT2D eigenvalue weighted by Crippen LogP contribution is -1.95. The van der Waals surface area contributed by atoms with Gasteiger partial charge in [-0.15, -0.1) is 11.3 Å². The van der Waals surface area contributed by atoms with E-state index in [4.69, 9.17) is 5.11 Å². The largest absolute Gasteiger partial charge is 0.481 e. The summed E-state index contributed by atoms with van der Waals surface area (Å²) in [6.45, 7) is 0. The van der Waals surface area contributed by atoms with E-state index in [9.17, 15) is 9.18 Å². The predicted molar refractivity (Wildman–Crippen MR) is 98.5 cm³/mol. The highest BCUT2D eigenvalue weighted by Crippen LogP contribution is 2.31. The summed E-state index contributed by atoms with van der Waals surface area (Å²) in [4.78, 5) is 15.6. The van der Waals surface area contributed by atoms with Gasteiger partial charge in [0.25, 0.3) is 0 Å². The van der Waals surface area contributed by atoms with Gasteiger partial charge in [0.2, 0.25) is 0 Å². The maximum absolute atomic E-state index is 13.4. The van der Waals surface area contributed by atoms with Crippen LogP contribution in [0.2, 0.25) is 0 Å². The van der Waals surface area contributed by atoms with Crippen molar-refractivity contribution in [3.8, 4) is 0 Å². The fraction of sp³-hybridized carbons (Fsp3) is 0.111. The van der Waals surface area contributed by atoms with Crippen LogP contribution in [0.5, 0.6) is 0 Å². The number of carboxylic acids is 1. The molecule has 1 aromatic heterocycles. The first-order valence-electron chi connectivity index (χ1n) is 7.26. The third kappa shape index (κ3) is 3.88. The normalized spacial score (nSPS) is 11.8. The van der Waals surface area contributed by atoms with Crippen LogP contribution in [-0.2, 0) is 4.79 Å². The highest BCUT2D eigenvalue weighted by atomic mass is 79.9. The van der Waals surface area contributed by atoms with Crippen LogP contribution in [0.25, 0.3) is 21.9 Å². The lowest BCUT2D eigenvalue weighted by atomic mass is 10.1. The molecule has 0 spiro atoms. The molecule has 0 amide bonds. The van der Waals surface area contributed by atoms with Gasteiger partial charge in [-0.05, 0) is 63.8 Å². The molecular formula is C18H13BrFNO2S. The molecular weight excluding hydrogens is 393 g/mol. The van der Waals surface area contributed by atoms with Gasteiger partial charge in [0.15, 0.2) is 0 Å². The van der Waals surface area contributed by atoms with E-state index in [1.165, 1.54) is 17.4 Å². The molecule has 0 saturated carbocycles. The first-order valence-corrected chi connectivity index (χ1v) is 8.87. The summed E-state index contributed by atoms with van der Waals surface area (Å²) in [5.74, 6) is -1.19. The summed E-state index contributed by atoms with van der Waals surface area (Å²) >= 11 is 4.70. The van der Waals surface area contributed by atoms with E-state index >= 15 is 0 Å². The molecule has 1 heterocycles. The number of aromatic nitrogens is 1. The Balaban J connectivity index is 2.02. The van der Waals surface area contributed by atoms with Gasteiger partial charge >= 0.3 is 5.97 Å². The van der Waals surface area contributed by atoms with Gasteiger partial charge < -0.3 is 5.11 Å². The molecule has 1 N–H and O–H groups in total. The molecule has 3 aromatic rings. The molecule has 0 bridgehead atoms. The number of fused-ring (bicyclic) bond motifs is 1. The highest BCUT2D eigenvalue weighted by molar-refractivity contribution is 9.10. The number of rotatable bonds is 5. The number of halogens is 2. The van der Waals surface area contributed by atoms with Crippen molar-refractivity contribution in [1.82, 2.24) is 4.98 Å². The molecule has 0 fully saturated rings. The molecule has 0 aliphatic rings. The van der Waals surface area contributed by atoms with Gasteiger partial charge in [-0.25, -0.2) is 9.37 Å². The maximum atomic E-state index is 13.4. The number of nitrogens with zero attached hydrogens (tertiary/aromatic N) is 1. The van der Waals surface area contributed by atoms with Crippen molar-refractivity contribution in [3.05, 3.63) is 63.3 Å². The molecule has 2 aromatic carbocycles. The summed E-state index contributed by atoms with van der Waals surface area (Å²) in [7, 11) is 0. The highest BCUT2D eigenvalue weighted by Gasteiger charge is 2.11. The Kier molecular flexibility index (Phi) is 5.06. The van der Waals surface area contributed by atoms with Gasteiger partial charge in [-0.3, -0.25) is 4.79 Å². The van der Waals surface area contributed by atoms with E-state index in [0.717, 1.165) is 26.4 Å². The van der Waals surface area contributed by atoms with Crippen LogP contribution >= 0.6 is 27.3 Å². The number of thiazole rings is 1. The van der Waals surface area contributed by atoms with E-state index in [-0.39, 0.29) is 12.2 Å². The van der Waals surface area contributed by atoms with Crippen molar-refractivity contribution in [2.24, 2.45) is 0 Å². The van der Waals surface area contributed by atoms with Gasteiger partial charge in [0, 0.05) is 6.42 Å². The number of allylic oxidation sites excluding steroid dienone is 1. The zero-order chi connectivity index (χ0) is 17.1. The number of aliphatic carboxylic acids is 1. The summed E-state index contributed by atoms with van der Waals surface area (Å²) in [6, 6.07) is 12.5. The molecule has 6 heteroatoms. The number of hydrogen-bond acceptors (Lipinski definition) is 3. The Hall–Kier alpha value is -2.05. The number of benzene rings is 2. The van der Waals surface area contributed by atoms with Crippen molar-refractivity contribution in [2.45, 2.75) is 12.8 Å². The van der Waals surface area contributed by atoms with Crippen LogP contribution < -0.4 is 0 Å². The summed E-state index contributed by atoms with van der Waals surface area (Å²) in [6.07, 6.45) is 2.25. The van der Waals surface area contributed by atoms with E-state index in [2.05, 4.69) is 20.9 Å². The van der Waals surface area contributed by atoms with Gasteiger partial charge in [-0.2, -0.15) is 0 Å². The fourth-order valence-corrected chi connectivity index (χ4v) is 3.70. The number of carbonyl (C=O) groups is 1. The van der Waals surface area contributed by atoms with Crippen LogP contribution in [0.4, 0.5) is 4.39 Å². The monoisotopic (exact) mass is 405 g/mol. The van der Waals surface area contributed by atoms with E-state index in [1.54, 1.807) is 12.1 Å². The summed E-state index contributed by atoms with van der Waals surface area (Å²) in [5, 5.41) is 9.78. The average Bonchev–Trinajstić information content (AvgIpc) is 2.98. The molecule has 3 rings (SSSR count). The summed E-state index contributed by atoms with van der Waals surface area (Å²) < 4.78 is 14.8. The first-order chi connectivity index (χ1) is 11.5. The van der Waals surface area contributed by atoms with Crippen molar-refractivity contribution in [2.75, 3.05) is 0 Å². The second kappa shape index (κ2) is 7.23. The minimum Gasteiger partial charge on any atom is -0.481 e. The van der Waals surface area contributed by atoms with E-state index < -0.39 is 5.97 Å². The van der Waals surface area contributed by atoms with Crippen LogP contribution in [0.15, 0.2) is 46.9 Å².